The molecule has 1 aliphatic rings. The summed E-state index contributed by atoms with van der Waals surface area (Å²) in [4.78, 5) is 13.6. The molecule has 0 N–H and O–H groups in total. The zero-order valence-corrected chi connectivity index (χ0v) is 12.8. The van der Waals surface area contributed by atoms with Crippen LogP contribution >= 0.6 is 0 Å². The monoisotopic (exact) mass is 272 g/mol. The Bertz CT molecular complexity index is 374. The summed E-state index contributed by atoms with van der Waals surface area (Å²) < 4.78 is 15.8. The number of rotatable bonds is 3. The summed E-state index contributed by atoms with van der Waals surface area (Å²) in [6, 6.07) is 0. The minimum Gasteiger partial charge on any atom is -0.335 e. The SMILES string of the molecule is CCC1(C=NS(=O)C(C)(C)C)CCCC(=O)N1C. The van der Waals surface area contributed by atoms with Crippen LogP contribution in [0.25, 0.3) is 0 Å². The van der Waals surface area contributed by atoms with Gasteiger partial charge in [-0.3, -0.25) is 4.79 Å². The Morgan fingerprint density at radius 2 is 2.11 bits per heavy atom. The first-order valence-electron chi connectivity index (χ1n) is 6.47. The molecule has 104 valence electrons. The van der Waals surface area contributed by atoms with Gasteiger partial charge in [-0.05, 0) is 40.0 Å². The molecule has 1 aliphatic heterocycles. The molecule has 0 bridgehead atoms. The van der Waals surface area contributed by atoms with Crippen molar-refractivity contribution in [1.82, 2.24) is 4.90 Å². The maximum atomic E-state index is 12.0. The predicted octanol–water partition coefficient (Wildman–Crippen LogP) is 2.31. The minimum absolute atomic E-state index is 0.149. The van der Waals surface area contributed by atoms with Crippen LogP contribution in [0.3, 0.4) is 0 Å². The molecule has 0 radical (unpaired) electrons. The number of nitrogens with zero attached hydrogens (tertiary/aromatic N) is 2. The molecule has 1 amide bonds. The largest absolute Gasteiger partial charge is 0.335 e. The summed E-state index contributed by atoms with van der Waals surface area (Å²) in [5.41, 5.74) is -0.351. The average molecular weight is 272 g/mol. The predicted molar refractivity (Wildman–Crippen MR) is 76.0 cm³/mol. The van der Waals surface area contributed by atoms with Gasteiger partial charge >= 0.3 is 0 Å². The lowest BCUT2D eigenvalue weighted by Crippen LogP contribution is -2.53. The number of likely N-dealkylation sites (tertiary alicyclic amines) is 1. The quantitative estimate of drug-likeness (QED) is 0.740. The standard InChI is InChI=1S/C13H24N2O2S/c1-6-13(9-7-8-11(16)15(13)5)10-14-18(17)12(2,3)4/h10H,6-9H2,1-5H3. The summed E-state index contributed by atoms with van der Waals surface area (Å²) in [7, 11) is 0.555. The summed E-state index contributed by atoms with van der Waals surface area (Å²) in [5, 5.41) is 0. The van der Waals surface area contributed by atoms with E-state index in [2.05, 4.69) is 4.40 Å². The number of piperidine rings is 1. The maximum absolute atomic E-state index is 12.0. The summed E-state index contributed by atoms with van der Waals surface area (Å²) in [6.07, 6.45) is 4.93. The molecule has 0 spiro atoms. The summed E-state index contributed by atoms with van der Waals surface area (Å²) in [5.74, 6) is 0.149. The lowest BCUT2D eigenvalue weighted by atomic mass is 9.85. The summed E-state index contributed by atoms with van der Waals surface area (Å²) >= 11 is 0. The normalized spacial score (nSPS) is 27.8. The number of carbonyl (C=O) groups excluding carboxylic acids is 1. The zero-order chi connectivity index (χ0) is 14.0. The van der Waals surface area contributed by atoms with Gasteiger partial charge in [0, 0.05) is 19.7 Å². The molecular weight excluding hydrogens is 248 g/mol. The van der Waals surface area contributed by atoms with Crippen molar-refractivity contribution in [2.75, 3.05) is 7.05 Å². The molecule has 1 saturated heterocycles. The molecule has 2 unspecified atom stereocenters. The van der Waals surface area contributed by atoms with Crippen molar-refractivity contribution < 1.29 is 9.00 Å². The molecule has 5 heteroatoms. The number of amides is 1. The zero-order valence-electron chi connectivity index (χ0n) is 12.0. The highest BCUT2D eigenvalue weighted by atomic mass is 32.2. The fourth-order valence-corrected chi connectivity index (χ4v) is 2.70. The van der Waals surface area contributed by atoms with Crippen LogP contribution in [-0.4, -0.2) is 38.6 Å². The lowest BCUT2D eigenvalue weighted by Gasteiger charge is -2.42. The van der Waals surface area contributed by atoms with Gasteiger partial charge in [0.15, 0.2) is 0 Å². The Labute approximate surface area is 112 Å². The Morgan fingerprint density at radius 3 is 2.61 bits per heavy atom. The van der Waals surface area contributed by atoms with Crippen molar-refractivity contribution in [2.24, 2.45) is 4.40 Å². The van der Waals surface area contributed by atoms with Crippen molar-refractivity contribution in [3.63, 3.8) is 0 Å². The Hall–Kier alpha value is -0.710. The van der Waals surface area contributed by atoms with Gasteiger partial charge in [-0.1, -0.05) is 6.92 Å². The molecule has 2 atom stereocenters. The highest BCUT2D eigenvalue weighted by Crippen LogP contribution is 2.29. The van der Waals surface area contributed by atoms with E-state index in [0.29, 0.717) is 6.42 Å². The van der Waals surface area contributed by atoms with E-state index in [0.717, 1.165) is 19.3 Å². The van der Waals surface area contributed by atoms with Crippen LogP contribution in [0.1, 0.15) is 53.4 Å². The molecule has 18 heavy (non-hydrogen) atoms. The third kappa shape index (κ3) is 3.19. The second-order valence-electron chi connectivity index (χ2n) is 5.86. The second kappa shape index (κ2) is 5.51. The van der Waals surface area contributed by atoms with Gasteiger partial charge in [-0.15, -0.1) is 0 Å². The van der Waals surface area contributed by atoms with Crippen LogP contribution in [0.4, 0.5) is 0 Å². The molecule has 0 aliphatic carbocycles. The molecule has 0 saturated carbocycles. The van der Waals surface area contributed by atoms with E-state index in [1.54, 1.807) is 11.1 Å². The van der Waals surface area contributed by atoms with Crippen molar-refractivity contribution >= 4 is 23.1 Å². The van der Waals surface area contributed by atoms with E-state index >= 15 is 0 Å². The third-order valence-electron chi connectivity index (χ3n) is 3.57. The van der Waals surface area contributed by atoms with E-state index in [1.165, 1.54) is 0 Å². The highest BCUT2D eigenvalue weighted by molar-refractivity contribution is 7.85. The molecule has 4 nitrogen and oxygen atoms in total. The minimum atomic E-state index is -1.26. The molecule has 0 aromatic rings. The van der Waals surface area contributed by atoms with Gasteiger partial charge < -0.3 is 4.90 Å². The lowest BCUT2D eigenvalue weighted by molar-refractivity contribution is -0.136. The van der Waals surface area contributed by atoms with Crippen molar-refractivity contribution in [3.8, 4) is 0 Å². The van der Waals surface area contributed by atoms with Crippen LogP contribution in [0.15, 0.2) is 4.40 Å². The first kappa shape index (κ1) is 15.3. The van der Waals surface area contributed by atoms with E-state index in [9.17, 15) is 9.00 Å². The maximum Gasteiger partial charge on any atom is 0.223 e. The number of hydrogen-bond acceptors (Lipinski definition) is 2. The van der Waals surface area contributed by atoms with Gasteiger partial charge in [-0.2, -0.15) is 4.40 Å². The Morgan fingerprint density at radius 1 is 1.50 bits per heavy atom. The summed E-state index contributed by atoms with van der Waals surface area (Å²) in [6.45, 7) is 7.74. The fraction of sp³-hybridized carbons (Fsp3) is 0.846. The highest BCUT2D eigenvalue weighted by Gasteiger charge is 2.37. The van der Waals surface area contributed by atoms with E-state index < -0.39 is 11.0 Å². The molecule has 0 aromatic carbocycles. The smallest absolute Gasteiger partial charge is 0.223 e. The molecule has 1 rings (SSSR count). The first-order valence-corrected chi connectivity index (χ1v) is 7.57. The third-order valence-corrected chi connectivity index (χ3v) is 4.91. The van der Waals surface area contributed by atoms with E-state index in [4.69, 9.17) is 0 Å². The topological polar surface area (TPSA) is 49.7 Å². The Kier molecular flexibility index (Phi) is 4.70. The van der Waals surface area contributed by atoms with E-state index in [1.807, 2.05) is 34.7 Å². The molecule has 0 aromatic heterocycles. The van der Waals surface area contributed by atoms with Gasteiger partial charge in [0.05, 0.1) is 10.3 Å². The van der Waals surface area contributed by atoms with Crippen LogP contribution in [-0.2, 0) is 15.8 Å². The van der Waals surface area contributed by atoms with Crippen molar-refractivity contribution in [1.29, 1.82) is 0 Å². The van der Waals surface area contributed by atoms with Gasteiger partial charge in [0.2, 0.25) is 5.91 Å². The number of carbonyl (C=O) groups is 1. The van der Waals surface area contributed by atoms with Crippen LogP contribution in [0.5, 0.6) is 0 Å². The van der Waals surface area contributed by atoms with Crippen molar-refractivity contribution in [2.45, 2.75) is 63.7 Å². The number of hydrogen-bond donors (Lipinski definition) is 0. The van der Waals surface area contributed by atoms with Crippen molar-refractivity contribution in [3.05, 3.63) is 0 Å². The average Bonchev–Trinajstić information content (AvgIpc) is 2.30. The molecule has 1 heterocycles. The Balaban J connectivity index is 2.93. The molecular formula is C13H24N2O2S. The van der Waals surface area contributed by atoms with Gasteiger partial charge in [0.25, 0.3) is 0 Å². The molecule has 1 fully saturated rings. The van der Waals surface area contributed by atoms with Gasteiger partial charge in [0.1, 0.15) is 11.0 Å². The van der Waals surface area contributed by atoms with Crippen LogP contribution < -0.4 is 0 Å². The first-order chi connectivity index (χ1) is 8.23. The van der Waals surface area contributed by atoms with Crippen LogP contribution in [0, 0.1) is 0 Å². The van der Waals surface area contributed by atoms with Crippen LogP contribution in [0.2, 0.25) is 0 Å². The second-order valence-corrected chi connectivity index (χ2v) is 7.79. The van der Waals surface area contributed by atoms with E-state index in [-0.39, 0.29) is 16.2 Å². The van der Waals surface area contributed by atoms with Gasteiger partial charge in [-0.25, -0.2) is 4.21 Å². The fourth-order valence-electron chi connectivity index (χ4n) is 2.09.